The van der Waals surface area contributed by atoms with Crippen LogP contribution in [0.15, 0.2) is 24.3 Å². The van der Waals surface area contributed by atoms with Crippen molar-refractivity contribution in [2.75, 3.05) is 31.1 Å². The van der Waals surface area contributed by atoms with Gasteiger partial charge >= 0.3 is 0 Å². The van der Waals surface area contributed by atoms with E-state index in [0.717, 1.165) is 31.9 Å². The van der Waals surface area contributed by atoms with Crippen molar-refractivity contribution in [2.45, 2.75) is 26.4 Å². The molecule has 0 unspecified atom stereocenters. The minimum atomic E-state index is 0.239. The molecule has 0 spiro atoms. The molecule has 0 aliphatic carbocycles. The SMILES string of the molecule is CC(C)Oc1ccc(N2CCCNCC2)cc1. The Morgan fingerprint density at radius 2 is 1.88 bits per heavy atom. The molecule has 0 radical (unpaired) electrons. The van der Waals surface area contributed by atoms with Gasteiger partial charge in [-0.05, 0) is 51.1 Å². The van der Waals surface area contributed by atoms with Crippen molar-refractivity contribution >= 4 is 5.69 Å². The molecule has 1 fully saturated rings. The van der Waals surface area contributed by atoms with E-state index in [9.17, 15) is 0 Å². The van der Waals surface area contributed by atoms with E-state index in [0.29, 0.717) is 0 Å². The van der Waals surface area contributed by atoms with Gasteiger partial charge in [-0.15, -0.1) is 0 Å². The van der Waals surface area contributed by atoms with Crippen molar-refractivity contribution in [2.24, 2.45) is 0 Å². The van der Waals surface area contributed by atoms with Crippen LogP contribution in [0.5, 0.6) is 5.75 Å². The number of nitrogens with one attached hydrogen (secondary N) is 1. The highest BCUT2D eigenvalue weighted by Crippen LogP contribution is 2.20. The van der Waals surface area contributed by atoms with Crippen LogP contribution in [0.25, 0.3) is 0 Å². The van der Waals surface area contributed by atoms with E-state index in [-0.39, 0.29) is 6.10 Å². The Hall–Kier alpha value is -1.22. The molecule has 3 nitrogen and oxygen atoms in total. The van der Waals surface area contributed by atoms with Crippen molar-refractivity contribution in [3.8, 4) is 5.75 Å². The first-order chi connectivity index (χ1) is 8.25. The Kier molecular flexibility index (Phi) is 4.26. The Morgan fingerprint density at radius 3 is 2.59 bits per heavy atom. The van der Waals surface area contributed by atoms with Crippen LogP contribution in [-0.4, -0.2) is 32.3 Å². The molecule has 0 bridgehead atoms. The van der Waals surface area contributed by atoms with Crippen LogP contribution < -0.4 is 15.0 Å². The summed E-state index contributed by atoms with van der Waals surface area (Å²) < 4.78 is 5.65. The monoisotopic (exact) mass is 234 g/mol. The van der Waals surface area contributed by atoms with E-state index in [1.165, 1.54) is 12.1 Å². The van der Waals surface area contributed by atoms with E-state index >= 15 is 0 Å². The first-order valence-corrected chi connectivity index (χ1v) is 6.48. The molecule has 2 rings (SSSR count). The molecule has 1 heterocycles. The highest BCUT2D eigenvalue weighted by Gasteiger charge is 2.09. The number of ether oxygens (including phenoxy) is 1. The molecule has 1 saturated heterocycles. The van der Waals surface area contributed by atoms with Crippen LogP contribution in [0.1, 0.15) is 20.3 Å². The molecule has 1 aliphatic heterocycles. The summed E-state index contributed by atoms with van der Waals surface area (Å²) >= 11 is 0. The maximum Gasteiger partial charge on any atom is 0.119 e. The lowest BCUT2D eigenvalue weighted by atomic mass is 10.2. The molecule has 0 saturated carbocycles. The molecule has 0 atom stereocenters. The topological polar surface area (TPSA) is 24.5 Å². The van der Waals surface area contributed by atoms with E-state index in [4.69, 9.17) is 4.74 Å². The highest BCUT2D eigenvalue weighted by molar-refractivity contribution is 5.49. The van der Waals surface area contributed by atoms with Gasteiger partial charge in [0.1, 0.15) is 5.75 Å². The van der Waals surface area contributed by atoms with E-state index in [1.807, 2.05) is 13.8 Å². The predicted molar refractivity (Wildman–Crippen MR) is 71.9 cm³/mol. The van der Waals surface area contributed by atoms with Crippen molar-refractivity contribution in [3.63, 3.8) is 0 Å². The van der Waals surface area contributed by atoms with Gasteiger partial charge in [0.2, 0.25) is 0 Å². The summed E-state index contributed by atoms with van der Waals surface area (Å²) in [4.78, 5) is 2.43. The first kappa shape index (κ1) is 12.2. The quantitative estimate of drug-likeness (QED) is 0.868. The third kappa shape index (κ3) is 3.63. The molecule has 17 heavy (non-hydrogen) atoms. The molecule has 1 aliphatic rings. The Morgan fingerprint density at radius 1 is 1.12 bits per heavy atom. The maximum absolute atomic E-state index is 5.65. The third-order valence-electron chi connectivity index (χ3n) is 2.91. The van der Waals surface area contributed by atoms with Crippen LogP contribution in [0.2, 0.25) is 0 Å². The zero-order valence-corrected chi connectivity index (χ0v) is 10.8. The summed E-state index contributed by atoms with van der Waals surface area (Å²) in [6.45, 7) is 8.53. The smallest absolute Gasteiger partial charge is 0.119 e. The Bertz CT molecular complexity index is 327. The Balaban J connectivity index is 2.00. The standard InChI is InChI=1S/C14H22N2O/c1-12(2)17-14-6-4-13(5-7-14)16-10-3-8-15-9-11-16/h4-7,12,15H,3,8-11H2,1-2H3. The number of benzene rings is 1. The van der Waals surface area contributed by atoms with Gasteiger partial charge in [0.15, 0.2) is 0 Å². The van der Waals surface area contributed by atoms with Gasteiger partial charge in [-0.2, -0.15) is 0 Å². The second-order valence-corrected chi connectivity index (χ2v) is 4.75. The number of nitrogens with zero attached hydrogens (tertiary/aromatic N) is 1. The molecule has 0 aromatic heterocycles. The summed E-state index contributed by atoms with van der Waals surface area (Å²) in [7, 11) is 0. The average molecular weight is 234 g/mol. The lowest BCUT2D eigenvalue weighted by Crippen LogP contribution is -2.27. The van der Waals surface area contributed by atoms with Crippen molar-refractivity contribution in [1.82, 2.24) is 5.32 Å². The number of rotatable bonds is 3. The van der Waals surface area contributed by atoms with Crippen LogP contribution in [0.4, 0.5) is 5.69 Å². The highest BCUT2D eigenvalue weighted by atomic mass is 16.5. The third-order valence-corrected chi connectivity index (χ3v) is 2.91. The molecule has 0 amide bonds. The zero-order chi connectivity index (χ0) is 12.1. The second-order valence-electron chi connectivity index (χ2n) is 4.75. The minimum Gasteiger partial charge on any atom is -0.491 e. The van der Waals surface area contributed by atoms with Gasteiger partial charge in [0.05, 0.1) is 6.10 Å². The first-order valence-electron chi connectivity index (χ1n) is 6.48. The predicted octanol–water partition coefficient (Wildman–Crippen LogP) is 2.27. The summed E-state index contributed by atoms with van der Waals surface area (Å²) in [5, 5.41) is 3.42. The molecule has 1 aromatic carbocycles. The maximum atomic E-state index is 5.65. The van der Waals surface area contributed by atoms with Crippen molar-refractivity contribution in [3.05, 3.63) is 24.3 Å². The van der Waals surface area contributed by atoms with Gasteiger partial charge in [0.25, 0.3) is 0 Å². The normalized spacial score (nSPS) is 17.0. The molecular formula is C14H22N2O. The van der Waals surface area contributed by atoms with Gasteiger partial charge < -0.3 is 15.0 Å². The molecular weight excluding hydrogens is 212 g/mol. The van der Waals surface area contributed by atoms with E-state index in [1.54, 1.807) is 0 Å². The van der Waals surface area contributed by atoms with Crippen LogP contribution in [-0.2, 0) is 0 Å². The van der Waals surface area contributed by atoms with Gasteiger partial charge in [-0.1, -0.05) is 0 Å². The van der Waals surface area contributed by atoms with Gasteiger partial charge in [-0.3, -0.25) is 0 Å². The largest absolute Gasteiger partial charge is 0.491 e. The number of anilines is 1. The van der Waals surface area contributed by atoms with E-state index < -0.39 is 0 Å². The summed E-state index contributed by atoms with van der Waals surface area (Å²) in [5.41, 5.74) is 1.30. The molecule has 94 valence electrons. The fraction of sp³-hybridized carbons (Fsp3) is 0.571. The summed E-state index contributed by atoms with van der Waals surface area (Å²) in [5.74, 6) is 0.955. The number of hydrogen-bond donors (Lipinski definition) is 1. The molecule has 1 aromatic rings. The van der Waals surface area contributed by atoms with E-state index in [2.05, 4.69) is 34.5 Å². The number of hydrogen-bond acceptors (Lipinski definition) is 3. The fourth-order valence-electron chi connectivity index (χ4n) is 2.11. The lowest BCUT2D eigenvalue weighted by Gasteiger charge is -2.22. The van der Waals surface area contributed by atoms with Gasteiger partial charge in [-0.25, -0.2) is 0 Å². The Labute approximate surface area is 104 Å². The average Bonchev–Trinajstić information content (AvgIpc) is 2.58. The summed E-state index contributed by atoms with van der Waals surface area (Å²) in [6.07, 6.45) is 1.45. The second kappa shape index (κ2) is 5.92. The van der Waals surface area contributed by atoms with Crippen LogP contribution in [0, 0.1) is 0 Å². The van der Waals surface area contributed by atoms with Crippen molar-refractivity contribution < 1.29 is 4.74 Å². The van der Waals surface area contributed by atoms with Crippen LogP contribution >= 0.6 is 0 Å². The van der Waals surface area contributed by atoms with Crippen LogP contribution in [0.3, 0.4) is 0 Å². The fourth-order valence-corrected chi connectivity index (χ4v) is 2.11. The van der Waals surface area contributed by atoms with Gasteiger partial charge in [0, 0.05) is 25.3 Å². The van der Waals surface area contributed by atoms with Crippen molar-refractivity contribution in [1.29, 1.82) is 0 Å². The molecule has 1 N–H and O–H groups in total. The lowest BCUT2D eigenvalue weighted by molar-refractivity contribution is 0.242. The summed E-state index contributed by atoms with van der Waals surface area (Å²) in [6, 6.07) is 8.44. The zero-order valence-electron chi connectivity index (χ0n) is 10.8. The minimum absolute atomic E-state index is 0.239. The molecule has 3 heteroatoms.